The van der Waals surface area contributed by atoms with Crippen LogP contribution in [0.5, 0.6) is 0 Å². The SMILES string of the molecule is CCc1ccc(C(NC(=O)CNC(=O)Cc2ccccc2)C(C)C)cc1. The largest absolute Gasteiger partial charge is 0.348 e. The van der Waals surface area contributed by atoms with E-state index in [9.17, 15) is 9.59 Å². The molecule has 138 valence electrons. The molecule has 1 unspecified atom stereocenters. The fraction of sp³-hybridized carbons (Fsp3) is 0.364. The Morgan fingerprint density at radius 1 is 0.885 bits per heavy atom. The second kappa shape index (κ2) is 9.76. The smallest absolute Gasteiger partial charge is 0.239 e. The van der Waals surface area contributed by atoms with E-state index in [-0.39, 0.29) is 36.7 Å². The lowest BCUT2D eigenvalue weighted by atomic mass is 9.95. The molecule has 2 amide bonds. The number of nitrogens with one attached hydrogen (secondary N) is 2. The maximum atomic E-state index is 12.3. The molecule has 1 atom stereocenters. The summed E-state index contributed by atoms with van der Waals surface area (Å²) in [6.45, 7) is 6.26. The Morgan fingerprint density at radius 3 is 2.12 bits per heavy atom. The molecule has 0 saturated carbocycles. The highest BCUT2D eigenvalue weighted by Gasteiger charge is 2.18. The molecule has 2 rings (SSSR count). The maximum Gasteiger partial charge on any atom is 0.239 e. The number of rotatable bonds is 8. The van der Waals surface area contributed by atoms with E-state index < -0.39 is 0 Å². The van der Waals surface area contributed by atoms with Crippen molar-refractivity contribution >= 4 is 11.8 Å². The van der Waals surface area contributed by atoms with Gasteiger partial charge in [-0.05, 0) is 29.0 Å². The second-order valence-electron chi connectivity index (χ2n) is 6.82. The van der Waals surface area contributed by atoms with Crippen LogP contribution in [-0.2, 0) is 22.4 Å². The summed E-state index contributed by atoms with van der Waals surface area (Å²) in [5, 5.41) is 5.73. The van der Waals surface area contributed by atoms with Gasteiger partial charge in [0.05, 0.1) is 19.0 Å². The molecule has 0 bridgehead atoms. The van der Waals surface area contributed by atoms with E-state index in [2.05, 4.69) is 55.7 Å². The molecule has 26 heavy (non-hydrogen) atoms. The van der Waals surface area contributed by atoms with Crippen LogP contribution >= 0.6 is 0 Å². The Bertz CT molecular complexity index is 709. The molecule has 0 aliphatic heterocycles. The molecular weight excluding hydrogens is 324 g/mol. The van der Waals surface area contributed by atoms with Crippen molar-refractivity contribution in [2.45, 2.75) is 39.7 Å². The normalized spacial score (nSPS) is 11.8. The standard InChI is InChI=1S/C22H28N2O2/c1-4-17-10-12-19(13-11-17)22(16(2)3)24-21(26)15-23-20(25)14-18-8-6-5-7-9-18/h5-13,16,22H,4,14-15H2,1-3H3,(H,23,25)(H,24,26). The third-order valence-corrected chi connectivity index (χ3v) is 4.38. The van der Waals surface area contributed by atoms with Crippen LogP contribution in [0, 0.1) is 5.92 Å². The van der Waals surface area contributed by atoms with E-state index >= 15 is 0 Å². The first-order valence-corrected chi connectivity index (χ1v) is 9.18. The van der Waals surface area contributed by atoms with E-state index in [0.29, 0.717) is 0 Å². The van der Waals surface area contributed by atoms with Crippen LogP contribution in [0.1, 0.15) is 43.5 Å². The van der Waals surface area contributed by atoms with Gasteiger partial charge in [0.2, 0.25) is 11.8 Å². The third kappa shape index (κ3) is 6.03. The molecule has 0 heterocycles. The Morgan fingerprint density at radius 2 is 1.54 bits per heavy atom. The number of aryl methyl sites for hydroxylation is 1. The summed E-state index contributed by atoms with van der Waals surface area (Å²) in [5.74, 6) is -0.0733. The monoisotopic (exact) mass is 352 g/mol. The predicted octanol–water partition coefficient (Wildman–Crippen LogP) is 3.42. The van der Waals surface area contributed by atoms with E-state index in [1.54, 1.807) is 0 Å². The Balaban J connectivity index is 1.88. The fourth-order valence-corrected chi connectivity index (χ4v) is 2.84. The molecule has 0 radical (unpaired) electrons. The van der Waals surface area contributed by atoms with Crippen molar-refractivity contribution in [3.05, 3.63) is 71.3 Å². The lowest BCUT2D eigenvalue weighted by Crippen LogP contribution is -2.40. The number of carbonyl (C=O) groups excluding carboxylic acids is 2. The van der Waals surface area contributed by atoms with Gasteiger partial charge >= 0.3 is 0 Å². The van der Waals surface area contributed by atoms with E-state index in [4.69, 9.17) is 0 Å². The predicted molar refractivity (Wildman–Crippen MR) is 105 cm³/mol. The van der Waals surface area contributed by atoms with Gasteiger partial charge in [0.15, 0.2) is 0 Å². The molecule has 0 aliphatic rings. The second-order valence-corrected chi connectivity index (χ2v) is 6.82. The van der Waals surface area contributed by atoms with Gasteiger partial charge in [-0.15, -0.1) is 0 Å². The molecule has 0 fully saturated rings. The van der Waals surface area contributed by atoms with Crippen LogP contribution in [0.25, 0.3) is 0 Å². The Labute approximate surface area is 156 Å². The number of benzene rings is 2. The van der Waals surface area contributed by atoms with Crippen LogP contribution in [0.4, 0.5) is 0 Å². The van der Waals surface area contributed by atoms with Crippen LogP contribution < -0.4 is 10.6 Å². The quantitative estimate of drug-likeness (QED) is 0.765. The Kier molecular flexibility index (Phi) is 7.39. The van der Waals surface area contributed by atoms with Gasteiger partial charge in [0.25, 0.3) is 0 Å². The van der Waals surface area contributed by atoms with Crippen LogP contribution in [0.15, 0.2) is 54.6 Å². The Hall–Kier alpha value is -2.62. The molecule has 2 N–H and O–H groups in total. The van der Waals surface area contributed by atoms with Gasteiger partial charge in [-0.1, -0.05) is 75.4 Å². The lowest BCUT2D eigenvalue weighted by molar-refractivity contribution is -0.126. The first-order valence-electron chi connectivity index (χ1n) is 9.18. The summed E-state index contributed by atoms with van der Waals surface area (Å²) in [5.41, 5.74) is 3.29. The van der Waals surface area contributed by atoms with E-state index in [1.807, 2.05) is 30.3 Å². The highest BCUT2D eigenvalue weighted by atomic mass is 16.2. The average Bonchev–Trinajstić information content (AvgIpc) is 2.65. The number of hydrogen-bond donors (Lipinski definition) is 2. The number of amides is 2. The minimum Gasteiger partial charge on any atom is -0.348 e. The van der Waals surface area contributed by atoms with Gasteiger partial charge in [-0.3, -0.25) is 9.59 Å². The zero-order chi connectivity index (χ0) is 18.9. The molecule has 0 aliphatic carbocycles. The van der Waals surface area contributed by atoms with Crippen molar-refractivity contribution < 1.29 is 9.59 Å². The minimum atomic E-state index is -0.176. The van der Waals surface area contributed by atoms with Gasteiger partial charge < -0.3 is 10.6 Å². The van der Waals surface area contributed by atoms with Gasteiger partial charge in [0.1, 0.15) is 0 Å². The van der Waals surface area contributed by atoms with Crippen LogP contribution in [0.2, 0.25) is 0 Å². The average molecular weight is 352 g/mol. The summed E-state index contributed by atoms with van der Waals surface area (Å²) < 4.78 is 0. The molecule has 2 aromatic rings. The molecule has 0 saturated heterocycles. The molecule has 4 heteroatoms. The molecule has 4 nitrogen and oxygen atoms in total. The van der Waals surface area contributed by atoms with E-state index in [1.165, 1.54) is 5.56 Å². The van der Waals surface area contributed by atoms with Gasteiger partial charge in [-0.25, -0.2) is 0 Å². The topological polar surface area (TPSA) is 58.2 Å². The molecule has 2 aromatic carbocycles. The van der Waals surface area contributed by atoms with Crippen molar-refractivity contribution in [2.75, 3.05) is 6.54 Å². The molecule has 0 aromatic heterocycles. The van der Waals surface area contributed by atoms with Gasteiger partial charge in [0, 0.05) is 0 Å². The summed E-state index contributed by atoms with van der Waals surface area (Å²) in [6, 6.07) is 17.8. The molecular formula is C22H28N2O2. The van der Waals surface area contributed by atoms with E-state index in [0.717, 1.165) is 17.5 Å². The first kappa shape index (κ1) is 19.7. The van der Waals surface area contributed by atoms with Crippen LogP contribution in [0.3, 0.4) is 0 Å². The van der Waals surface area contributed by atoms with Crippen molar-refractivity contribution in [3.63, 3.8) is 0 Å². The first-order chi connectivity index (χ1) is 12.5. The lowest BCUT2D eigenvalue weighted by Gasteiger charge is -2.23. The summed E-state index contributed by atoms with van der Waals surface area (Å²) in [7, 11) is 0. The number of hydrogen-bond acceptors (Lipinski definition) is 2. The van der Waals surface area contributed by atoms with Crippen molar-refractivity contribution in [3.8, 4) is 0 Å². The summed E-state index contributed by atoms with van der Waals surface area (Å²) in [6.07, 6.45) is 1.27. The summed E-state index contributed by atoms with van der Waals surface area (Å²) in [4.78, 5) is 24.3. The highest BCUT2D eigenvalue weighted by molar-refractivity contribution is 5.85. The highest BCUT2D eigenvalue weighted by Crippen LogP contribution is 2.22. The zero-order valence-electron chi connectivity index (χ0n) is 15.8. The summed E-state index contributed by atoms with van der Waals surface area (Å²) >= 11 is 0. The minimum absolute atomic E-state index is 0.0120. The number of carbonyl (C=O) groups is 2. The maximum absolute atomic E-state index is 12.3. The van der Waals surface area contributed by atoms with Crippen molar-refractivity contribution in [1.82, 2.24) is 10.6 Å². The van der Waals surface area contributed by atoms with Crippen molar-refractivity contribution in [1.29, 1.82) is 0 Å². The third-order valence-electron chi connectivity index (χ3n) is 4.38. The van der Waals surface area contributed by atoms with Gasteiger partial charge in [-0.2, -0.15) is 0 Å². The zero-order valence-corrected chi connectivity index (χ0v) is 15.8. The molecule has 0 spiro atoms. The van der Waals surface area contributed by atoms with Crippen LogP contribution in [-0.4, -0.2) is 18.4 Å². The fourth-order valence-electron chi connectivity index (χ4n) is 2.84. The van der Waals surface area contributed by atoms with Crippen molar-refractivity contribution in [2.24, 2.45) is 5.92 Å².